The number of aryl methyl sites for hydroxylation is 1. The van der Waals surface area contributed by atoms with Crippen molar-refractivity contribution in [3.05, 3.63) is 58.4 Å². The van der Waals surface area contributed by atoms with Crippen molar-refractivity contribution in [2.45, 2.75) is 52.3 Å². The van der Waals surface area contributed by atoms with Crippen LogP contribution in [0, 0.1) is 13.8 Å². The van der Waals surface area contributed by atoms with Crippen LogP contribution in [0.15, 0.2) is 30.3 Å². The molecular weight excluding hydrogens is 417 g/mol. The Labute approximate surface area is 184 Å². The van der Waals surface area contributed by atoms with Crippen molar-refractivity contribution in [3.8, 4) is 0 Å². The molecule has 5 nitrogen and oxygen atoms in total. The first kappa shape index (κ1) is 22.0. The second-order valence-corrected chi connectivity index (χ2v) is 8.88. The number of anilines is 2. The first-order valence-corrected chi connectivity index (χ1v) is 10.4. The number of hydrogen-bond acceptors (Lipinski definition) is 4. The molecule has 2 aromatic carbocycles. The van der Waals surface area contributed by atoms with Crippen LogP contribution in [0.1, 0.15) is 54.9 Å². The zero-order valence-corrected chi connectivity index (χ0v) is 18.8. The van der Waals surface area contributed by atoms with Crippen LogP contribution in [-0.2, 0) is 16.4 Å². The van der Waals surface area contributed by atoms with Gasteiger partial charge in [0.05, 0.1) is 22.5 Å². The van der Waals surface area contributed by atoms with Gasteiger partial charge in [0, 0.05) is 18.1 Å². The Balaban J connectivity index is 1.81. The maximum Gasteiger partial charge on any atom is 0.416 e. The van der Waals surface area contributed by atoms with Gasteiger partial charge in [-0.2, -0.15) is 13.2 Å². The summed E-state index contributed by atoms with van der Waals surface area (Å²) in [6.07, 6.45) is -4.41. The SMILES string of the molecule is Cc1nc(NC(C)c2cccc(C(F)(F)F)c2C)c2cc3c(cc2n1)N(C)C(=O)C3(C)C. The van der Waals surface area contributed by atoms with E-state index in [0.29, 0.717) is 22.7 Å². The molecule has 168 valence electrons. The third-order valence-electron chi connectivity index (χ3n) is 6.30. The number of nitrogens with one attached hydrogen (secondary N) is 1. The van der Waals surface area contributed by atoms with Crippen LogP contribution in [-0.4, -0.2) is 22.9 Å². The summed E-state index contributed by atoms with van der Waals surface area (Å²) in [5.74, 6) is 1.05. The van der Waals surface area contributed by atoms with Crippen LogP contribution in [0.5, 0.6) is 0 Å². The van der Waals surface area contributed by atoms with Gasteiger partial charge in [-0.1, -0.05) is 12.1 Å². The normalized spacial score (nSPS) is 16.4. The molecule has 1 aromatic heterocycles. The molecule has 1 atom stereocenters. The van der Waals surface area contributed by atoms with Crippen molar-refractivity contribution in [1.82, 2.24) is 9.97 Å². The molecule has 1 N–H and O–H groups in total. The van der Waals surface area contributed by atoms with Gasteiger partial charge in [-0.25, -0.2) is 9.97 Å². The number of benzene rings is 2. The number of carbonyl (C=O) groups is 1. The molecule has 2 heterocycles. The molecule has 0 spiro atoms. The highest BCUT2D eigenvalue weighted by Crippen LogP contribution is 2.44. The van der Waals surface area contributed by atoms with Crippen molar-refractivity contribution in [2.24, 2.45) is 0 Å². The summed E-state index contributed by atoms with van der Waals surface area (Å²) in [5, 5.41) is 4.01. The zero-order valence-electron chi connectivity index (χ0n) is 18.8. The summed E-state index contributed by atoms with van der Waals surface area (Å²) in [6.45, 7) is 8.80. The molecule has 4 rings (SSSR count). The van der Waals surface area contributed by atoms with Crippen molar-refractivity contribution >= 4 is 28.3 Å². The number of halogens is 3. The Kier molecular flexibility index (Phi) is 4.95. The van der Waals surface area contributed by atoms with Gasteiger partial charge in [-0.05, 0) is 69.5 Å². The van der Waals surface area contributed by atoms with Crippen LogP contribution in [0.2, 0.25) is 0 Å². The van der Waals surface area contributed by atoms with E-state index < -0.39 is 23.2 Å². The molecule has 1 aliphatic rings. The predicted molar refractivity (Wildman–Crippen MR) is 119 cm³/mol. The summed E-state index contributed by atoms with van der Waals surface area (Å²) >= 11 is 0. The van der Waals surface area contributed by atoms with Crippen molar-refractivity contribution < 1.29 is 18.0 Å². The van der Waals surface area contributed by atoms with Crippen LogP contribution >= 0.6 is 0 Å². The minimum Gasteiger partial charge on any atom is -0.363 e. The van der Waals surface area contributed by atoms with Crippen molar-refractivity contribution in [2.75, 3.05) is 17.3 Å². The fourth-order valence-electron chi connectivity index (χ4n) is 4.53. The Morgan fingerprint density at radius 3 is 2.47 bits per heavy atom. The van der Waals surface area contributed by atoms with Gasteiger partial charge >= 0.3 is 6.18 Å². The fraction of sp³-hybridized carbons (Fsp3) is 0.375. The number of fused-ring (bicyclic) bond motifs is 2. The third kappa shape index (κ3) is 3.38. The molecule has 1 amide bonds. The molecule has 0 aliphatic carbocycles. The van der Waals surface area contributed by atoms with Crippen LogP contribution in [0.3, 0.4) is 0 Å². The molecule has 0 saturated heterocycles. The van der Waals surface area contributed by atoms with Gasteiger partial charge in [0.15, 0.2) is 0 Å². The van der Waals surface area contributed by atoms with E-state index in [1.807, 2.05) is 26.0 Å². The quantitative estimate of drug-likeness (QED) is 0.566. The maximum absolute atomic E-state index is 13.4. The lowest BCUT2D eigenvalue weighted by Crippen LogP contribution is -2.33. The largest absolute Gasteiger partial charge is 0.416 e. The minimum absolute atomic E-state index is 0.00467. The van der Waals surface area contributed by atoms with E-state index in [-0.39, 0.29) is 11.5 Å². The van der Waals surface area contributed by atoms with Crippen molar-refractivity contribution in [3.63, 3.8) is 0 Å². The Hall–Kier alpha value is -3.16. The van der Waals surface area contributed by atoms with E-state index in [9.17, 15) is 18.0 Å². The van der Waals surface area contributed by atoms with Crippen molar-refractivity contribution in [1.29, 1.82) is 0 Å². The lowest BCUT2D eigenvalue weighted by atomic mass is 9.85. The van der Waals surface area contributed by atoms with Gasteiger partial charge in [-0.3, -0.25) is 4.79 Å². The highest BCUT2D eigenvalue weighted by Gasteiger charge is 2.42. The van der Waals surface area contributed by atoms with Gasteiger partial charge in [0.2, 0.25) is 5.91 Å². The molecule has 0 fully saturated rings. The molecular formula is C24H25F3N4O. The van der Waals surface area contributed by atoms with Crippen LogP contribution in [0.4, 0.5) is 24.7 Å². The van der Waals surface area contributed by atoms with E-state index in [4.69, 9.17) is 0 Å². The summed E-state index contributed by atoms with van der Waals surface area (Å²) in [5.41, 5.74) is 1.74. The van der Waals surface area contributed by atoms with Gasteiger partial charge < -0.3 is 10.2 Å². The second kappa shape index (κ2) is 7.18. The number of nitrogens with zero attached hydrogens (tertiary/aromatic N) is 3. The second-order valence-electron chi connectivity index (χ2n) is 8.88. The first-order valence-electron chi connectivity index (χ1n) is 10.4. The number of hydrogen-bond donors (Lipinski definition) is 1. The molecule has 0 saturated carbocycles. The average Bonchev–Trinajstić information content (AvgIpc) is 2.86. The number of carbonyl (C=O) groups excluding carboxylic acids is 1. The summed E-state index contributed by atoms with van der Waals surface area (Å²) in [7, 11) is 1.74. The molecule has 0 bridgehead atoms. The zero-order chi connectivity index (χ0) is 23.6. The fourth-order valence-corrected chi connectivity index (χ4v) is 4.53. The smallest absolute Gasteiger partial charge is 0.363 e. The lowest BCUT2D eigenvalue weighted by Gasteiger charge is -2.22. The summed E-state index contributed by atoms with van der Waals surface area (Å²) in [4.78, 5) is 23.4. The van der Waals surface area contributed by atoms with Gasteiger partial charge in [-0.15, -0.1) is 0 Å². The highest BCUT2D eigenvalue weighted by atomic mass is 19.4. The van der Waals surface area contributed by atoms with E-state index in [2.05, 4.69) is 15.3 Å². The van der Waals surface area contributed by atoms with E-state index in [0.717, 1.165) is 22.7 Å². The lowest BCUT2D eigenvalue weighted by molar-refractivity contribution is -0.138. The Morgan fingerprint density at radius 1 is 1.12 bits per heavy atom. The molecule has 1 unspecified atom stereocenters. The molecule has 1 aliphatic heterocycles. The summed E-state index contributed by atoms with van der Waals surface area (Å²) in [6, 6.07) is 7.56. The van der Waals surface area contributed by atoms with E-state index in [1.54, 1.807) is 31.9 Å². The number of amides is 1. The summed E-state index contributed by atoms with van der Waals surface area (Å²) < 4.78 is 40.1. The number of alkyl halides is 3. The standard InChI is InChI=1S/C24H25F3N4O/c1-12-15(8-7-9-17(12)24(25,26)27)13(2)28-21-16-10-18-20(11-19(16)29-14(3)30-21)31(6)22(32)23(18,4)5/h7-11,13H,1-6H3,(H,28,29,30). The van der Waals surface area contributed by atoms with Crippen LogP contribution < -0.4 is 10.2 Å². The molecule has 8 heteroatoms. The average molecular weight is 442 g/mol. The maximum atomic E-state index is 13.4. The number of aromatic nitrogens is 2. The minimum atomic E-state index is -4.41. The Morgan fingerprint density at radius 2 is 1.81 bits per heavy atom. The van der Waals surface area contributed by atoms with Gasteiger partial charge in [0.1, 0.15) is 11.6 Å². The topological polar surface area (TPSA) is 58.1 Å². The monoisotopic (exact) mass is 442 g/mol. The highest BCUT2D eigenvalue weighted by molar-refractivity contribution is 6.10. The molecule has 3 aromatic rings. The number of rotatable bonds is 3. The first-order chi connectivity index (χ1) is 14.8. The Bertz CT molecular complexity index is 1250. The molecule has 0 radical (unpaired) electrons. The van der Waals surface area contributed by atoms with E-state index in [1.165, 1.54) is 13.0 Å². The predicted octanol–water partition coefficient (Wildman–Crippen LogP) is 5.69. The third-order valence-corrected chi connectivity index (χ3v) is 6.30. The van der Waals surface area contributed by atoms with E-state index >= 15 is 0 Å². The molecule has 32 heavy (non-hydrogen) atoms. The van der Waals surface area contributed by atoms with Gasteiger partial charge in [0.25, 0.3) is 0 Å². The van der Waals surface area contributed by atoms with Crippen LogP contribution in [0.25, 0.3) is 10.9 Å². The number of likely N-dealkylation sites (N-methyl/N-ethyl adjacent to an activating group) is 1.